The van der Waals surface area contributed by atoms with E-state index in [4.69, 9.17) is 9.97 Å². The van der Waals surface area contributed by atoms with E-state index >= 15 is 0 Å². The van der Waals surface area contributed by atoms with Crippen molar-refractivity contribution in [2.45, 2.75) is 44.2 Å². The van der Waals surface area contributed by atoms with E-state index in [1.165, 1.54) is 11.8 Å². The molecule has 1 fully saturated rings. The molecular formula is C25H33N7OS. The van der Waals surface area contributed by atoms with Crippen LogP contribution < -0.4 is 10.2 Å². The number of ketones is 1. The highest BCUT2D eigenvalue weighted by molar-refractivity contribution is 7.99. The molecule has 180 valence electrons. The number of anilines is 3. The molecule has 0 bridgehead atoms. The number of hydrogen-bond acceptors (Lipinski definition) is 8. The van der Waals surface area contributed by atoms with E-state index in [-0.39, 0.29) is 11.2 Å². The van der Waals surface area contributed by atoms with Crippen molar-refractivity contribution in [2.24, 2.45) is 5.41 Å². The van der Waals surface area contributed by atoms with Crippen LogP contribution >= 0.6 is 11.8 Å². The number of aromatic amines is 1. The lowest BCUT2D eigenvalue weighted by Gasteiger charge is -2.33. The molecule has 0 unspecified atom stereocenters. The number of H-pyrrole nitrogens is 1. The van der Waals surface area contributed by atoms with Gasteiger partial charge in [0.25, 0.3) is 0 Å². The van der Waals surface area contributed by atoms with Crippen molar-refractivity contribution in [2.75, 3.05) is 43.4 Å². The summed E-state index contributed by atoms with van der Waals surface area (Å²) in [6.45, 7) is 11.7. The number of hydrogen-bond donors (Lipinski definition) is 2. The fourth-order valence-corrected chi connectivity index (χ4v) is 4.33. The first-order valence-corrected chi connectivity index (χ1v) is 12.4. The lowest BCUT2D eigenvalue weighted by Crippen LogP contribution is -2.44. The average molecular weight is 480 g/mol. The van der Waals surface area contributed by atoms with E-state index in [1.54, 1.807) is 0 Å². The quantitative estimate of drug-likeness (QED) is 0.485. The first-order valence-electron chi connectivity index (χ1n) is 11.6. The molecule has 0 spiro atoms. The molecule has 8 nitrogen and oxygen atoms in total. The molecule has 34 heavy (non-hydrogen) atoms. The molecule has 0 atom stereocenters. The van der Waals surface area contributed by atoms with Gasteiger partial charge in [-0.1, -0.05) is 32.9 Å². The molecule has 0 aliphatic carbocycles. The van der Waals surface area contributed by atoms with Crippen LogP contribution in [0.1, 0.15) is 32.0 Å². The zero-order valence-corrected chi connectivity index (χ0v) is 21.4. The predicted molar refractivity (Wildman–Crippen MR) is 137 cm³/mol. The van der Waals surface area contributed by atoms with E-state index in [2.05, 4.69) is 32.4 Å². The Morgan fingerprint density at radius 3 is 2.38 bits per heavy atom. The lowest BCUT2D eigenvalue weighted by molar-refractivity contribution is -0.125. The third-order valence-electron chi connectivity index (χ3n) is 5.82. The molecule has 3 heterocycles. The first kappa shape index (κ1) is 24.2. The fraction of sp³-hybridized carbons (Fsp3) is 0.440. The van der Waals surface area contributed by atoms with Crippen LogP contribution in [0.4, 0.5) is 17.5 Å². The molecule has 0 amide bonds. The molecule has 2 aromatic heterocycles. The van der Waals surface area contributed by atoms with Crippen LogP contribution in [0.15, 0.2) is 46.5 Å². The number of nitrogens with zero attached hydrogens (tertiary/aromatic N) is 5. The average Bonchev–Trinajstić information content (AvgIpc) is 3.19. The third kappa shape index (κ3) is 6.36. The summed E-state index contributed by atoms with van der Waals surface area (Å²) in [6.07, 6.45) is 0.445. The summed E-state index contributed by atoms with van der Waals surface area (Å²) in [5.74, 6) is 2.59. The highest BCUT2D eigenvalue weighted by Gasteiger charge is 2.21. The number of carbonyl (C=O) groups is 1. The molecule has 4 rings (SSSR count). The zero-order valence-electron chi connectivity index (χ0n) is 20.6. The Morgan fingerprint density at radius 2 is 1.76 bits per heavy atom. The van der Waals surface area contributed by atoms with Gasteiger partial charge >= 0.3 is 0 Å². The molecule has 0 saturated carbocycles. The summed E-state index contributed by atoms with van der Waals surface area (Å²) >= 11 is 1.52. The molecule has 1 saturated heterocycles. The van der Waals surface area contributed by atoms with Crippen molar-refractivity contribution in [3.8, 4) is 0 Å². The number of likely N-dealkylation sites (N-methyl/N-ethyl adjacent to an activating group) is 1. The smallest absolute Gasteiger partial charge is 0.196 e. The minimum atomic E-state index is -0.332. The van der Waals surface area contributed by atoms with Gasteiger partial charge in [-0.15, -0.1) is 0 Å². The maximum Gasteiger partial charge on any atom is 0.196 e. The number of aromatic nitrogens is 4. The Hall–Kier alpha value is -2.91. The van der Waals surface area contributed by atoms with Crippen LogP contribution in [0.5, 0.6) is 0 Å². The summed E-state index contributed by atoms with van der Waals surface area (Å²) in [5, 5.41) is 11.2. The molecule has 1 aliphatic rings. The van der Waals surface area contributed by atoms with Crippen LogP contribution in [0, 0.1) is 12.3 Å². The number of nitrogens with one attached hydrogen (secondary N) is 2. The predicted octanol–water partition coefficient (Wildman–Crippen LogP) is 4.31. The molecule has 2 N–H and O–H groups in total. The summed E-state index contributed by atoms with van der Waals surface area (Å²) in [7, 11) is 2.14. The zero-order chi connectivity index (χ0) is 24.3. The van der Waals surface area contributed by atoms with E-state index in [9.17, 15) is 4.79 Å². The summed E-state index contributed by atoms with van der Waals surface area (Å²) in [5.41, 5.74) is 1.67. The van der Waals surface area contributed by atoms with Gasteiger partial charge in [-0.25, -0.2) is 9.97 Å². The van der Waals surface area contributed by atoms with Crippen molar-refractivity contribution in [1.29, 1.82) is 0 Å². The Balaban J connectivity index is 1.54. The van der Waals surface area contributed by atoms with Crippen LogP contribution in [-0.2, 0) is 11.2 Å². The van der Waals surface area contributed by atoms with Crippen molar-refractivity contribution < 1.29 is 4.79 Å². The van der Waals surface area contributed by atoms with Crippen LogP contribution in [-0.4, -0.2) is 64.1 Å². The van der Waals surface area contributed by atoms with Gasteiger partial charge in [0.2, 0.25) is 0 Å². The SMILES string of the molecule is Cc1cc(Nc2cc(N3CCN(C)CC3)nc(Sc3ccc(CC(=O)C(C)(C)C)cc3)n2)n[nH]1. The fourth-order valence-electron chi connectivity index (χ4n) is 3.56. The monoisotopic (exact) mass is 479 g/mol. The topological polar surface area (TPSA) is 90.0 Å². The molecule has 1 aliphatic heterocycles. The molecule has 3 aromatic rings. The van der Waals surface area contributed by atoms with Crippen molar-refractivity contribution in [3.05, 3.63) is 47.7 Å². The van der Waals surface area contributed by atoms with Crippen LogP contribution in [0.2, 0.25) is 0 Å². The van der Waals surface area contributed by atoms with Crippen molar-refractivity contribution in [3.63, 3.8) is 0 Å². The van der Waals surface area contributed by atoms with E-state index in [0.29, 0.717) is 17.4 Å². The van der Waals surface area contributed by atoms with Gasteiger partial charge < -0.3 is 15.1 Å². The van der Waals surface area contributed by atoms with Gasteiger partial charge in [-0.05, 0) is 43.4 Å². The Kier molecular flexibility index (Phi) is 7.23. The van der Waals surface area contributed by atoms with Crippen LogP contribution in [0.25, 0.3) is 0 Å². The lowest BCUT2D eigenvalue weighted by atomic mass is 9.87. The molecule has 0 radical (unpaired) electrons. The summed E-state index contributed by atoms with van der Waals surface area (Å²) < 4.78 is 0. The van der Waals surface area contributed by atoms with E-state index in [0.717, 1.165) is 54.0 Å². The molecule has 9 heteroatoms. The number of rotatable bonds is 7. The molecular weight excluding hydrogens is 446 g/mol. The number of benzene rings is 1. The standard InChI is InChI=1S/C25H33N7OS/c1-17-14-22(30-29-17)26-21-16-23(32-12-10-31(5)11-13-32)28-24(27-21)34-19-8-6-18(7-9-19)15-20(33)25(2,3)4/h6-9,14,16H,10-13,15H2,1-5H3,(H2,26,27,28,29,30). The maximum absolute atomic E-state index is 12.4. The number of aryl methyl sites for hydroxylation is 1. The second-order valence-electron chi connectivity index (χ2n) is 9.84. The van der Waals surface area contributed by atoms with E-state index in [1.807, 2.05) is 64.1 Å². The normalized spacial score (nSPS) is 14.9. The van der Waals surface area contributed by atoms with Gasteiger partial charge in [0.1, 0.15) is 17.4 Å². The maximum atomic E-state index is 12.4. The Morgan fingerprint density at radius 1 is 1.06 bits per heavy atom. The van der Waals surface area contributed by atoms with Crippen LogP contribution in [0.3, 0.4) is 0 Å². The van der Waals surface area contributed by atoms with Gasteiger partial charge in [0.15, 0.2) is 11.0 Å². The number of piperazine rings is 1. The highest BCUT2D eigenvalue weighted by atomic mass is 32.2. The Bertz CT molecular complexity index is 1130. The van der Waals surface area contributed by atoms with Gasteiger partial charge in [-0.3, -0.25) is 9.89 Å². The summed E-state index contributed by atoms with van der Waals surface area (Å²) in [6, 6.07) is 12.0. The van der Waals surface area contributed by atoms with E-state index < -0.39 is 0 Å². The minimum absolute atomic E-state index is 0.237. The second-order valence-corrected chi connectivity index (χ2v) is 10.9. The Labute approximate surface area is 205 Å². The molecule has 1 aromatic carbocycles. The van der Waals surface area contributed by atoms with Gasteiger partial charge in [-0.2, -0.15) is 5.10 Å². The van der Waals surface area contributed by atoms with Gasteiger partial charge in [0, 0.05) is 60.7 Å². The second kappa shape index (κ2) is 10.1. The third-order valence-corrected chi connectivity index (χ3v) is 6.69. The minimum Gasteiger partial charge on any atom is -0.354 e. The van der Waals surface area contributed by atoms with Crippen molar-refractivity contribution >= 4 is 35.0 Å². The summed E-state index contributed by atoms with van der Waals surface area (Å²) in [4.78, 5) is 27.6. The number of Topliss-reactive ketones (excluding diaryl/α,β-unsaturated/α-hetero) is 1. The highest BCUT2D eigenvalue weighted by Crippen LogP contribution is 2.30. The van der Waals surface area contributed by atoms with Crippen molar-refractivity contribution in [1.82, 2.24) is 25.1 Å². The largest absolute Gasteiger partial charge is 0.354 e. The van der Waals surface area contributed by atoms with Gasteiger partial charge in [0.05, 0.1) is 0 Å². The number of carbonyl (C=O) groups excluding carboxylic acids is 1. The first-order chi connectivity index (χ1) is 16.2.